The van der Waals surface area contributed by atoms with Crippen LogP contribution >= 0.6 is 0 Å². The first-order valence-corrected chi connectivity index (χ1v) is 13.7. The molecule has 2 heteroatoms. The number of nitrogens with zero attached hydrogens (tertiary/aromatic N) is 1. The highest BCUT2D eigenvalue weighted by Crippen LogP contribution is 2.43. The number of aromatic nitrogens is 1. The molecular formula is C36H39NO. The van der Waals surface area contributed by atoms with Crippen LogP contribution < -0.4 is 0 Å². The van der Waals surface area contributed by atoms with E-state index in [4.69, 9.17) is 13.5 Å². The largest absolute Gasteiger partial charge is 0.455 e. The Bertz CT molecular complexity index is 1830. The molecule has 1 saturated carbocycles. The molecule has 0 amide bonds. The summed E-state index contributed by atoms with van der Waals surface area (Å²) in [6, 6.07) is 18.9. The predicted molar refractivity (Wildman–Crippen MR) is 161 cm³/mol. The van der Waals surface area contributed by atoms with Crippen LogP contribution in [-0.4, -0.2) is 4.98 Å². The van der Waals surface area contributed by atoms with E-state index in [1.165, 1.54) is 0 Å². The molecule has 2 nitrogen and oxygen atoms in total. The lowest BCUT2D eigenvalue weighted by atomic mass is 9.78. The van der Waals surface area contributed by atoms with Crippen LogP contribution in [0.5, 0.6) is 0 Å². The van der Waals surface area contributed by atoms with Crippen molar-refractivity contribution in [2.24, 2.45) is 0 Å². The van der Waals surface area contributed by atoms with Crippen molar-refractivity contribution in [2.75, 3.05) is 0 Å². The number of fused-ring (bicyclic) bond motifs is 3. The van der Waals surface area contributed by atoms with Crippen LogP contribution in [0.3, 0.4) is 0 Å². The Morgan fingerprint density at radius 1 is 0.895 bits per heavy atom. The third-order valence-corrected chi connectivity index (χ3v) is 7.90. The van der Waals surface area contributed by atoms with Crippen molar-refractivity contribution in [3.8, 4) is 22.4 Å². The van der Waals surface area contributed by atoms with Crippen LogP contribution in [0.4, 0.5) is 0 Å². The highest BCUT2D eigenvalue weighted by atomic mass is 16.3. The fraction of sp³-hybridized carbons (Fsp3) is 0.361. The number of para-hydroxylation sites is 1. The van der Waals surface area contributed by atoms with Gasteiger partial charge in [0.2, 0.25) is 0 Å². The molecular weight excluding hydrogens is 462 g/mol. The summed E-state index contributed by atoms with van der Waals surface area (Å²) in [5.74, 6) is -2.66. The summed E-state index contributed by atoms with van der Waals surface area (Å²) in [6.07, 6.45) is 6.51. The van der Waals surface area contributed by atoms with Gasteiger partial charge in [0.05, 0.1) is 5.69 Å². The molecule has 1 aliphatic rings. The van der Waals surface area contributed by atoms with Crippen LogP contribution in [0.2, 0.25) is 0 Å². The van der Waals surface area contributed by atoms with Gasteiger partial charge in [0, 0.05) is 30.8 Å². The van der Waals surface area contributed by atoms with Gasteiger partial charge < -0.3 is 4.42 Å². The van der Waals surface area contributed by atoms with Gasteiger partial charge in [-0.1, -0.05) is 83.4 Å². The van der Waals surface area contributed by atoms with Crippen molar-refractivity contribution in [1.82, 2.24) is 4.98 Å². The van der Waals surface area contributed by atoms with Crippen LogP contribution in [0, 0.1) is 6.85 Å². The Morgan fingerprint density at radius 2 is 1.66 bits per heavy atom. The SMILES string of the molecule is [2H]C([2H])([2H])c1ccc2c(c1)oc1c(-c3cc(-c4c(C([2H])(C)C)cc(C5([2H])CCCCC5)cc4C([2H])(C)C)ccn3)cccc12. The molecule has 6 rings (SSSR count). The second-order valence-electron chi connectivity index (χ2n) is 11.0. The zero-order valence-electron chi connectivity index (χ0n) is 28.7. The summed E-state index contributed by atoms with van der Waals surface area (Å²) in [5.41, 5.74) is 7.04. The molecule has 1 aliphatic carbocycles. The monoisotopic (exact) mass is 507 g/mol. The van der Waals surface area contributed by atoms with Crippen molar-refractivity contribution >= 4 is 21.9 Å². The number of hydrogen-bond donors (Lipinski definition) is 0. The summed E-state index contributed by atoms with van der Waals surface area (Å²) in [4.78, 5) is 4.72. The molecule has 1 fully saturated rings. The minimum absolute atomic E-state index is 0.230. The maximum atomic E-state index is 9.38. The van der Waals surface area contributed by atoms with Crippen molar-refractivity contribution in [2.45, 2.75) is 84.3 Å². The lowest BCUT2D eigenvalue weighted by Crippen LogP contribution is -2.08. The van der Waals surface area contributed by atoms with E-state index in [1.807, 2.05) is 58.0 Å². The normalized spacial score (nSPS) is 18.8. The molecule has 2 heterocycles. The molecule has 0 N–H and O–H groups in total. The molecule has 3 aromatic carbocycles. The summed E-state index contributed by atoms with van der Waals surface area (Å²) in [7, 11) is 0. The highest BCUT2D eigenvalue weighted by molar-refractivity contribution is 6.09. The summed E-state index contributed by atoms with van der Waals surface area (Å²) < 4.78 is 57.5. The van der Waals surface area contributed by atoms with Crippen LogP contribution in [0.1, 0.15) is 108 Å². The topological polar surface area (TPSA) is 26.0 Å². The minimum Gasteiger partial charge on any atom is -0.455 e. The van der Waals surface area contributed by atoms with Gasteiger partial charge in [0.15, 0.2) is 0 Å². The van der Waals surface area contributed by atoms with E-state index in [9.17, 15) is 4.11 Å². The second kappa shape index (κ2) is 10.1. The number of hydrogen-bond acceptors (Lipinski definition) is 2. The molecule has 0 radical (unpaired) electrons. The smallest absolute Gasteiger partial charge is 0.144 e. The van der Waals surface area contributed by atoms with E-state index in [0.717, 1.165) is 76.3 Å². The first-order valence-electron chi connectivity index (χ1n) is 16.7. The van der Waals surface area contributed by atoms with Gasteiger partial charge >= 0.3 is 0 Å². The number of aryl methyl sites for hydroxylation is 1. The maximum Gasteiger partial charge on any atom is 0.144 e. The number of pyridine rings is 1. The van der Waals surface area contributed by atoms with E-state index in [1.54, 1.807) is 24.4 Å². The summed E-state index contributed by atoms with van der Waals surface area (Å²) in [6.45, 7) is 5.26. The number of furan rings is 1. The quantitative estimate of drug-likeness (QED) is 0.236. The lowest BCUT2D eigenvalue weighted by Gasteiger charge is -2.27. The van der Waals surface area contributed by atoms with E-state index < -0.39 is 24.5 Å². The summed E-state index contributed by atoms with van der Waals surface area (Å²) in [5, 5.41) is 1.71. The minimum atomic E-state index is -2.23. The van der Waals surface area contributed by atoms with E-state index in [-0.39, 0.29) is 5.56 Å². The van der Waals surface area contributed by atoms with Gasteiger partial charge in [-0.05, 0) is 95.0 Å². The average Bonchev–Trinajstić information content (AvgIpc) is 3.34. The van der Waals surface area contributed by atoms with Gasteiger partial charge in [-0.25, -0.2) is 0 Å². The van der Waals surface area contributed by atoms with E-state index in [2.05, 4.69) is 12.1 Å². The third kappa shape index (κ3) is 4.45. The zero-order chi connectivity index (χ0) is 31.7. The van der Waals surface area contributed by atoms with Gasteiger partial charge in [-0.2, -0.15) is 0 Å². The van der Waals surface area contributed by atoms with Crippen molar-refractivity contribution in [3.63, 3.8) is 0 Å². The van der Waals surface area contributed by atoms with Gasteiger partial charge in [0.25, 0.3) is 0 Å². The summed E-state index contributed by atoms with van der Waals surface area (Å²) >= 11 is 0. The molecule has 38 heavy (non-hydrogen) atoms. The molecule has 0 bridgehead atoms. The van der Waals surface area contributed by atoms with E-state index in [0.29, 0.717) is 16.9 Å². The number of benzene rings is 3. The van der Waals surface area contributed by atoms with Crippen molar-refractivity contribution < 1.29 is 12.6 Å². The predicted octanol–water partition coefficient (Wildman–Crippen LogP) is 10.9. The van der Waals surface area contributed by atoms with Crippen LogP contribution in [0.15, 0.2) is 71.3 Å². The molecule has 0 spiro atoms. The van der Waals surface area contributed by atoms with Crippen molar-refractivity contribution in [1.29, 1.82) is 0 Å². The molecule has 0 atom stereocenters. The fourth-order valence-corrected chi connectivity index (χ4v) is 5.95. The molecule has 0 aliphatic heterocycles. The Hall–Kier alpha value is -3.39. The molecule has 2 aromatic heterocycles. The van der Waals surface area contributed by atoms with Gasteiger partial charge in [-0.15, -0.1) is 0 Å². The Morgan fingerprint density at radius 3 is 2.37 bits per heavy atom. The molecule has 194 valence electrons. The Kier molecular flexibility index (Phi) is 4.97. The van der Waals surface area contributed by atoms with Gasteiger partial charge in [0.1, 0.15) is 11.2 Å². The second-order valence-corrected chi connectivity index (χ2v) is 11.0. The maximum absolute atomic E-state index is 9.38. The fourth-order valence-electron chi connectivity index (χ4n) is 5.95. The first kappa shape index (κ1) is 18.8. The van der Waals surface area contributed by atoms with Crippen molar-refractivity contribution in [3.05, 3.63) is 89.1 Å². The average molecular weight is 508 g/mol. The molecule has 0 saturated heterocycles. The highest BCUT2D eigenvalue weighted by Gasteiger charge is 2.23. The Labute approximate surface area is 235 Å². The first-order chi connectivity index (χ1) is 20.6. The third-order valence-electron chi connectivity index (χ3n) is 7.90. The number of rotatable bonds is 5. The van der Waals surface area contributed by atoms with Crippen LogP contribution in [-0.2, 0) is 0 Å². The zero-order valence-corrected chi connectivity index (χ0v) is 22.7. The Balaban J connectivity index is 1.56. The molecule has 5 aromatic rings. The molecule has 0 unspecified atom stereocenters. The van der Waals surface area contributed by atoms with Gasteiger partial charge in [-0.3, -0.25) is 4.98 Å². The lowest BCUT2D eigenvalue weighted by molar-refractivity contribution is 0.443. The van der Waals surface area contributed by atoms with E-state index >= 15 is 0 Å². The van der Waals surface area contributed by atoms with Crippen LogP contribution in [0.25, 0.3) is 44.3 Å². The standard InChI is InChI=1S/C36H39NO/c1-22(2)31-19-27(25-10-7-6-8-11-25)20-32(23(3)4)35(31)26-16-17-37-33(21-26)30-13-9-12-29-28-15-14-24(5)18-34(28)38-36(29)30/h9,12-23,25H,6-8,10-11H2,1-5H3/i5D3,22D,23D,25D.